The van der Waals surface area contributed by atoms with Crippen molar-refractivity contribution in [3.8, 4) is 11.3 Å². The molecule has 158 valence electrons. The Kier molecular flexibility index (Phi) is 5.43. The molecule has 7 nitrogen and oxygen atoms in total. The normalized spacial score (nSPS) is 12.6. The molecule has 0 unspecified atom stereocenters. The Bertz CT molecular complexity index is 1160. The van der Waals surface area contributed by atoms with Gasteiger partial charge < -0.3 is 15.5 Å². The van der Waals surface area contributed by atoms with E-state index in [1.807, 2.05) is 0 Å². The summed E-state index contributed by atoms with van der Waals surface area (Å²) >= 11 is 0. The zero-order valence-corrected chi connectivity index (χ0v) is 16.4. The molecule has 3 rings (SSSR count). The molecule has 1 atom stereocenters. The van der Waals surface area contributed by atoms with Gasteiger partial charge in [-0.1, -0.05) is 12.1 Å². The molecular formula is C20H19F3N4O3. The van der Waals surface area contributed by atoms with Crippen molar-refractivity contribution < 1.29 is 22.4 Å². The second kappa shape index (κ2) is 7.69. The number of para-hydroxylation sites is 1. The summed E-state index contributed by atoms with van der Waals surface area (Å²) in [5.74, 6) is 0.314. The minimum Gasteiger partial charge on any atom is -0.466 e. The second-order valence-electron chi connectivity index (χ2n) is 6.77. The van der Waals surface area contributed by atoms with E-state index in [0.717, 1.165) is 16.8 Å². The maximum Gasteiger partial charge on any atom is 0.418 e. The SMILES string of the molecule is Cc1cc(-c2cc(N)c(=O)n([C@@H](C)C(=O)Nc3ccccc3C(F)(F)F)n2)c(C)o1. The Morgan fingerprint density at radius 1 is 1.23 bits per heavy atom. The number of hydrogen-bond donors (Lipinski definition) is 2. The van der Waals surface area contributed by atoms with Crippen molar-refractivity contribution in [3.63, 3.8) is 0 Å². The van der Waals surface area contributed by atoms with Crippen LogP contribution >= 0.6 is 0 Å². The molecule has 0 radical (unpaired) electrons. The number of aromatic nitrogens is 2. The molecule has 1 amide bonds. The number of alkyl halides is 3. The number of aryl methyl sites for hydroxylation is 2. The van der Waals surface area contributed by atoms with Crippen LogP contribution in [-0.4, -0.2) is 15.7 Å². The van der Waals surface area contributed by atoms with E-state index in [0.29, 0.717) is 22.8 Å². The van der Waals surface area contributed by atoms with Crippen LogP contribution in [0, 0.1) is 13.8 Å². The molecule has 0 bridgehead atoms. The van der Waals surface area contributed by atoms with Gasteiger partial charge in [-0.05, 0) is 45.0 Å². The molecule has 0 saturated carbocycles. The van der Waals surface area contributed by atoms with E-state index in [4.69, 9.17) is 10.2 Å². The van der Waals surface area contributed by atoms with Crippen LogP contribution in [0.3, 0.4) is 0 Å². The third kappa shape index (κ3) is 4.07. The largest absolute Gasteiger partial charge is 0.466 e. The highest BCUT2D eigenvalue weighted by molar-refractivity contribution is 5.94. The summed E-state index contributed by atoms with van der Waals surface area (Å²) in [5.41, 5.74) is 4.39. The first kappa shape index (κ1) is 21.2. The van der Waals surface area contributed by atoms with Crippen LogP contribution in [-0.2, 0) is 11.0 Å². The van der Waals surface area contributed by atoms with Crippen LogP contribution in [0.15, 0.2) is 45.6 Å². The molecule has 0 aliphatic carbocycles. The number of rotatable bonds is 4. The van der Waals surface area contributed by atoms with Crippen LogP contribution < -0.4 is 16.6 Å². The van der Waals surface area contributed by atoms with E-state index < -0.39 is 34.9 Å². The number of nitrogens with zero attached hydrogens (tertiary/aromatic N) is 2. The van der Waals surface area contributed by atoms with Gasteiger partial charge in [0.2, 0.25) is 5.91 Å². The molecule has 0 fully saturated rings. The number of nitrogens with two attached hydrogens (primary N) is 1. The molecule has 0 aliphatic heterocycles. The quantitative estimate of drug-likeness (QED) is 0.666. The summed E-state index contributed by atoms with van der Waals surface area (Å²) in [6.07, 6.45) is -4.65. The van der Waals surface area contributed by atoms with Gasteiger partial charge in [0.25, 0.3) is 5.56 Å². The van der Waals surface area contributed by atoms with E-state index >= 15 is 0 Å². The highest BCUT2D eigenvalue weighted by atomic mass is 19.4. The molecule has 1 aromatic carbocycles. The Morgan fingerprint density at radius 3 is 2.50 bits per heavy atom. The predicted molar refractivity (Wildman–Crippen MR) is 105 cm³/mol. The second-order valence-corrected chi connectivity index (χ2v) is 6.77. The lowest BCUT2D eigenvalue weighted by molar-refractivity contribution is -0.137. The van der Waals surface area contributed by atoms with E-state index in [1.165, 1.54) is 25.1 Å². The van der Waals surface area contributed by atoms with Gasteiger partial charge in [0.05, 0.1) is 16.9 Å². The molecule has 2 heterocycles. The standard InChI is InChI=1S/C20H19F3N4O3/c1-10-8-13(12(3)30-10)17-9-15(24)19(29)27(26-17)11(2)18(28)25-16-7-5-4-6-14(16)20(21,22)23/h4-9,11H,24H2,1-3H3,(H,25,28)/t11-/m0/s1. The molecule has 2 aromatic heterocycles. The zero-order valence-electron chi connectivity index (χ0n) is 16.4. The Morgan fingerprint density at radius 2 is 1.90 bits per heavy atom. The van der Waals surface area contributed by atoms with Gasteiger partial charge in [0.15, 0.2) is 0 Å². The molecule has 0 saturated heterocycles. The topological polar surface area (TPSA) is 103 Å². The summed E-state index contributed by atoms with van der Waals surface area (Å²) in [5, 5.41) is 6.41. The number of nitrogen functional groups attached to an aromatic ring is 1. The summed E-state index contributed by atoms with van der Waals surface area (Å²) in [6.45, 7) is 4.79. The maximum absolute atomic E-state index is 13.2. The minimum absolute atomic E-state index is 0.159. The fourth-order valence-corrected chi connectivity index (χ4v) is 3.00. The zero-order chi connectivity index (χ0) is 22.2. The van der Waals surface area contributed by atoms with Crippen LogP contribution in [0.25, 0.3) is 11.3 Å². The third-order valence-corrected chi connectivity index (χ3v) is 4.52. The first-order chi connectivity index (χ1) is 14.0. The third-order valence-electron chi connectivity index (χ3n) is 4.52. The molecular weight excluding hydrogens is 401 g/mol. The van der Waals surface area contributed by atoms with Crippen molar-refractivity contribution in [1.29, 1.82) is 0 Å². The van der Waals surface area contributed by atoms with Gasteiger partial charge in [0, 0.05) is 5.56 Å². The molecule has 3 aromatic rings. The summed E-state index contributed by atoms with van der Waals surface area (Å²) < 4.78 is 45.8. The van der Waals surface area contributed by atoms with E-state index in [1.54, 1.807) is 19.9 Å². The van der Waals surface area contributed by atoms with Crippen LogP contribution in [0.1, 0.15) is 30.0 Å². The number of carbonyl (C=O) groups is 1. The highest BCUT2D eigenvalue weighted by Crippen LogP contribution is 2.34. The number of nitrogens with one attached hydrogen (secondary N) is 1. The Hall–Kier alpha value is -3.56. The lowest BCUT2D eigenvalue weighted by Crippen LogP contribution is -2.35. The number of hydrogen-bond acceptors (Lipinski definition) is 5. The fourth-order valence-electron chi connectivity index (χ4n) is 3.00. The number of halogens is 3. The first-order valence-corrected chi connectivity index (χ1v) is 8.93. The first-order valence-electron chi connectivity index (χ1n) is 8.93. The number of furan rings is 1. The predicted octanol–water partition coefficient (Wildman–Crippen LogP) is 3.92. The average Bonchev–Trinajstić information content (AvgIpc) is 3.01. The van der Waals surface area contributed by atoms with Gasteiger partial charge in [0.1, 0.15) is 23.2 Å². The van der Waals surface area contributed by atoms with E-state index in [-0.39, 0.29) is 5.69 Å². The van der Waals surface area contributed by atoms with Crippen molar-refractivity contribution in [2.75, 3.05) is 11.1 Å². The van der Waals surface area contributed by atoms with Gasteiger partial charge in [-0.25, -0.2) is 4.68 Å². The maximum atomic E-state index is 13.2. The van der Waals surface area contributed by atoms with Crippen molar-refractivity contribution in [3.05, 3.63) is 63.8 Å². The van der Waals surface area contributed by atoms with Gasteiger partial charge >= 0.3 is 6.18 Å². The van der Waals surface area contributed by atoms with Gasteiger partial charge in [-0.3, -0.25) is 9.59 Å². The molecule has 0 spiro atoms. The van der Waals surface area contributed by atoms with Crippen molar-refractivity contribution >= 4 is 17.3 Å². The van der Waals surface area contributed by atoms with Crippen molar-refractivity contribution in [1.82, 2.24) is 9.78 Å². The molecule has 10 heteroatoms. The van der Waals surface area contributed by atoms with Gasteiger partial charge in [-0.15, -0.1) is 0 Å². The highest BCUT2D eigenvalue weighted by Gasteiger charge is 2.34. The number of amides is 1. The Balaban J connectivity index is 1.98. The number of anilines is 2. The summed E-state index contributed by atoms with van der Waals surface area (Å²) in [6, 6.07) is 6.40. The molecule has 3 N–H and O–H groups in total. The van der Waals surface area contributed by atoms with Crippen LogP contribution in [0.2, 0.25) is 0 Å². The number of benzene rings is 1. The minimum atomic E-state index is -4.65. The smallest absolute Gasteiger partial charge is 0.418 e. The van der Waals surface area contributed by atoms with Crippen LogP contribution in [0.4, 0.5) is 24.5 Å². The van der Waals surface area contributed by atoms with Crippen LogP contribution in [0.5, 0.6) is 0 Å². The van der Waals surface area contributed by atoms with E-state index in [9.17, 15) is 22.8 Å². The fraction of sp³-hybridized carbons (Fsp3) is 0.250. The number of carbonyl (C=O) groups excluding carboxylic acids is 1. The van der Waals surface area contributed by atoms with Gasteiger partial charge in [-0.2, -0.15) is 18.3 Å². The summed E-state index contributed by atoms with van der Waals surface area (Å²) in [4.78, 5) is 25.1. The summed E-state index contributed by atoms with van der Waals surface area (Å²) in [7, 11) is 0. The van der Waals surface area contributed by atoms with E-state index in [2.05, 4.69) is 10.4 Å². The lowest BCUT2D eigenvalue weighted by Gasteiger charge is -2.18. The average molecular weight is 420 g/mol. The van der Waals surface area contributed by atoms with Crippen molar-refractivity contribution in [2.45, 2.75) is 33.0 Å². The molecule has 30 heavy (non-hydrogen) atoms. The lowest BCUT2D eigenvalue weighted by atomic mass is 10.1. The van der Waals surface area contributed by atoms with Crippen molar-refractivity contribution in [2.24, 2.45) is 0 Å². The Labute approximate surface area is 169 Å². The monoisotopic (exact) mass is 420 g/mol. The molecule has 0 aliphatic rings.